The fraction of sp³-hybridized carbons (Fsp3) is 0.625. The standard InChI is InChI=1S/C8H12O2/c1-5(2)6-3-7(4-6)8(9)10/h7H,3-4H2,1-2H3,(H,9,10). The molecule has 1 rings (SSSR count). The maximum Gasteiger partial charge on any atom is 0.307 e. The Bertz CT molecular complexity index is 179. The molecule has 0 bridgehead atoms. The van der Waals surface area contributed by atoms with E-state index in [1.807, 2.05) is 13.8 Å². The van der Waals surface area contributed by atoms with Crippen molar-refractivity contribution in [1.29, 1.82) is 0 Å². The van der Waals surface area contributed by atoms with Gasteiger partial charge in [-0.1, -0.05) is 11.1 Å². The molecule has 56 valence electrons. The highest BCUT2D eigenvalue weighted by molar-refractivity contribution is 5.72. The van der Waals surface area contributed by atoms with E-state index in [9.17, 15) is 4.79 Å². The number of hydrogen-bond donors (Lipinski definition) is 1. The molecule has 1 saturated carbocycles. The van der Waals surface area contributed by atoms with Crippen LogP contribution in [0.25, 0.3) is 0 Å². The monoisotopic (exact) mass is 140 g/mol. The zero-order valence-corrected chi connectivity index (χ0v) is 6.35. The molecule has 0 heterocycles. The normalized spacial score (nSPS) is 23.8. The second kappa shape index (κ2) is 2.45. The summed E-state index contributed by atoms with van der Waals surface area (Å²) < 4.78 is 0. The maximum atomic E-state index is 10.3. The minimum atomic E-state index is -0.648. The van der Waals surface area contributed by atoms with Gasteiger partial charge < -0.3 is 5.11 Å². The quantitative estimate of drug-likeness (QED) is 0.564. The van der Waals surface area contributed by atoms with Crippen LogP contribution in [-0.4, -0.2) is 11.1 Å². The van der Waals surface area contributed by atoms with E-state index in [-0.39, 0.29) is 5.92 Å². The smallest absolute Gasteiger partial charge is 0.307 e. The van der Waals surface area contributed by atoms with Crippen molar-refractivity contribution < 1.29 is 9.90 Å². The second-order valence-electron chi connectivity index (χ2n) is 3.05. The number of hydrogen-bond acceptors (Lipinski definition) is 1. The predicted molar refractivity (Wildman–Crippen MR) is 38.7 cm³/mol. The van der Waals surface area contributed by atoms with Crippen molar-refractivity contribution in [2.75, 3.05) is 0 Å². The van der Waals surface area contributed by atoms with Crippen LogP contribution in [0, 0.1) is 5.92 Å². The molecule has 0 aliphatic heterocycles. The Balaban J connectivity index is 2.45. The van der Waals surface area contributed by atoms with E-state index in [4.69, 9.17) is 5.11 Å². The van der Waals surface area contributed by atoms with Crippen LogP contribution in [0.15, 0.2) is 11.1 Å². The summed E-state index contributed by atoms with van der Waals surface area (Å²) in [5, 5.41) is 8.51. The number of carbonyl (C=O) groups is 1. The summed E-state index contributed by atoms with van der Waals surface area (Å²) in [5.41, 5.74) is 2.62. The molecule has 0 aromatic carbocycles. The summed E-state index contributed by atoms with van der Waals surface area (Å²) >= 11 is 0. The van der Waals surface area contributed by atoms with E-state index in [2.05, 4.69) is 0 Å². The van der Waals surface area contributed by atoms with Gasteiger partial charge in [-0.05, 0) is 26.7 Å². The van der Waals surface area contributed by atoms with Crippen molar-refractivity contribution in [2.24, 2.45) is 5.92 Å². The molecule has 2 nitrogen and oxygen atoms in total. The van der Waals surface area contributed by atoms with Crippen LogP contribution >= 0.6 is 0 Å². The van der Waals surface area contributed by atoms with Gasteiger partial charge in [0.25, 0.3) is 0 Å². The molecular formula is C8H12O2. The average molecular weight is 140 g/mol. The number of carboxylic acids is 1. The van der Waals surface area contributed by atoms with Crippen molar-refractivity contribution in [3.8, 4) is 0 Å². The molecule has 0 unspecified atom stereocenters. The first-order chi connectivity index (χ1) is 4.61. The molecule has 1 N–H and O–H groups in total. The summed E-state index contributed by atoms with van der Waals surface area (Å²) in [4.78, 5) is 10.3. The largest absolute Gasteiger partial charge is 0.481 e. The van der Waals surface area contributed by atoms with E-state index in [0.717, 1.165) is 12.8 Å². The van der Waals surface area contributed by atoms with Crippen molar-refractivity contribution in [2.45, 2.75) is 26.7 Å². The van der Waals surface area contributed by atoms with Crippen molar-refractivity contribution in [1.82, 2.24) is 0 Å². The van der Waals surface area contributed by atoms with Crippen LogP contribution in [0.1, 0.15) is 26.7 Å². The topological polar surface area (TPSA) is 37.3 Å². The van der Waals surface area contributed by atoms with E-state index in [1.54, 1.807) is 0 Å². The first kappa shape index (κ1) is 7.32. The fourth-order valence-electron chi connectivity index (χ4n) is 1.12. The van der Waals surface area contributed by atoms with Gasteiger partial charge in [-0.15, -0.1) is 0 Å². The summed E-state index contributed by atoms with van der Waals surface area (Å²) in [7, 11) is 0. The van der Waals surface area contributed by atoms with Crippen LogP contribution in [0.5, 0.6) is 0 Å². The van der Waals surface area contributed by atoms with Crippen molar-refractivity contribution in [3.63, 3.8) is 0 Å². The van der Waals surface area contributed by atoms with Crippen LogP contribution in [-0.2, 0) is 4.79 Å². The van der Waals surface area contributed by atoms with Gasteiger partial charge in [0.15, 0.2) is 0 Å². The molecule has 1 aliphatic rings. The minimum Gasteiger partial charge on any atom is -0.481 e. The summed E-state index contributed by atoms with van der Waals surface area (Å²) in [6.45, 7) is 4.07. The Morgan fingerprint density at radius 1 is 1.50 bits per heavy atom. The number of rotatable bonds is 1. The van der Waals surface area contributed by atoms with Gasteiger partial charge in [-0.25, -0.2) is 0 Å². The van der Waals surface area contributed by atoms with E-state index in [1.165, 1.54) is 11.1 Å². The van der Waals surface area contributed by atoms with Crippen molar-refractivity contribution >= 4 is 5.97 Å². The molecule has 0 aromatic rings. The highest BCUT2D eigenvalue weighted by Crippen LogP contribution is 2.34. The summed E-state index contributed by atoms with van der Waals surface area (Å²) in [5.74, 6) is -0.741. The van der Waals surface area contributed by atoms with Gasteiger partial charge in [0, 0.05) is 0 Å². The van der Waals surface area contributed by atoms with Crippen LogP contribution in [0.3, 0.4) is 0 Å². The highest BCUT2D eigenvalue weighted by Gasteiger charge is 2.29. The lowest BCUT2D eigenvalue weighted by atomic mass is 9.78. The summed E-state index contributed by atoms with van der Waals surface area (Å²) in [6, 6.07) is 0. The minimum absolute atomic E-state index is 0.0927. The molecule has 0 atom stereocenters. The first-order valence-corrected chi connectivity index (χ1v) is 3.49. The molecule has 0 amide bonds. The molecule has 0 radical (unpaired) electrons. The Hall–Kier alpha value is -0.790. The number of carboxylic acid groups (broad SMARTS) is 1. The van der Waals surface area contributed by atoms with Gasteiger partial charge in [-0.2, -0.15) is 0 Å². The molecular weight excluding hydrogens is 128 g/mol. The molecule has 0 aromatic heterocycles. The zero-order chi connectivity index (χ0) is 7.72. The molecule has 10 heavy (non-hydrogen) atoms. The molecule has 2 heteroatoms. The molecule has 0 saturated heterocycles. The van der Waals surface area contributed by atoms with Gasteiger partial charge in [0.05, 0.1) is 5.92 Å². The van der Waals surface area contributed by atoms with E-state index < -0.39 is 5.97 Å². The SMILES string of the molecule is CC(C)=C1CC(C(=O)O)C1. The molecule has 1 fully saturated rings. The van der Waals surface area contributed by atoms with Crippen LogP contribution in [0.2, 0.25) is 0 Å². The lowest BCUT2D eigenvalue weighted by molar-refractivity contribution is -0.143. The Kier molecular flexibility index (Phi) is 1.79. The van der Waals surface area contributed by atoms with Gasteiger partial charge in [-0.3, -0.25) is 4.79 Å². The van der Waals surface area contributed by atoms with Crippen molar-refractivity contribution in [3.05, 3.63) is 11.1 Å². The first-order valence-electron chi connectivity index (χ1n) is 3.49. The predicted octanol–water partition coefficient (Wildman–Crippen LogP) is 1.82. The Labute approximate surface area is 60.6 Å². The lowest BCUT2D eigenvalue weighted by Gasteiger charge is -2.26. The van der Waals surface area contributed by atoms with E-state index >= 15 is 0 Å². The molecule has 1 aliphatic carbocycles. The third-order valence-corrected chi connectivity index (χ3v) is 2.04. The second-order valence-corrected chi connectivity index (χ2v) is 3.05. The van der Waals surface area contributed by atoms with Crippen LogP contribution < -0.4 is 0 Å². The van der Waals surface area contributed by atoms with Crippen LogP contribution in [0.4, 0.5) is 0 Å². The van der Waals surface area contributed by atoms with Gasteiger partial charge >= 0.3 is 5.97 Å². The highest BCUT2D eigenvalue weighted by atomic mass is 16.4. The van der Waals surface area contributed by atoms with Gasteiger partial charge in [0.1, 0.15) is 0 Å². The molecule has 0 spiro atoms. The lowest BCUT2D eigenvalue weighted by Crippen LogP contribution is -2.24. The zero-order valence-electron chi connectivity index (χ0n) is 6.35. The van der Waals surface area contributed by atoms with Gasteiger partial charge in [0.2, 0.25) is 0 Å². The average Bonchev–Trinajstić information content (AvgIpc) is 1.56. The third kappa shape index (κ3) is 1.20. The Morgan fingerprint density at radius 3 is 2.30 bits per heavy atom. The van der Waals surface area contributed by atoms with E-state index in [0.29, 0.717) is 0 Å². The fourth-order valence-corrected chi connectivity index (χ4v) is 1.12. The number of allylic oxidation sites excluding steroid dienone is 2. The maximum absolute atomic E-state index is 10.3. The Morgan fingerprint density at radius 2 is 2.00 bits per heavy atom. The summed E-state index contributed by atoms with van der Waals surface area (Å²) in [6.07, 6.45) is 1.55. The third-order valence-electron chi connectivity index (χ3n) is 2.04. The number of aliphatic carboxylic acids is 1.